The summed E-state index contributed by atoms with van der Waals surface area (Å²) in [6.07, 6.45) is 1.88. The summed E-state index contributed by atoms with van der Waals surface area (Å²) in [6.45, 7) is 3.60. The quantitative estimate of drug-likeness (QED) is 0.414. The second kappa shape index (κ2) is 7.98. The molecule has 2 aromatic carbocycles. The van der Waals surface area contributed by atoms with Crippen LogP contribution in [0.15, 0.2) is 54.2 Å². The minimum Gasteiger partial charge on any atom is -0.492 e. The second-order valence-corrected chi connectivity index (χ2v) is 7.07. The van der Waals surface area contributed by atoms with Crippen LogP contribution >= 0.6 is 0 Å². The Balaban J connectivity index is 1.82. The van der Waals surface area contributed by atoms with E-state index < -0.39 is 16.7 Å². The number of non-ortho nitro benzene ring substituents is 1. The molecular weight excluding hydrogens is 386 g/mol. The summed E-state index contributed by atoms with van der Waals surface area (Å²) in [5.41, 5.74) is 1.42. The van der Waals surface area contributed by atoms with E-state index >= 15 is 0 Å². The van der Waals surface area contributed by atoms with E-state index in [2.05, 4.69) is 0 Å². The number of anilines is 1. The second-order valence-electron chi connectivity index (χ2n) is 7.07. The monoisotopic (exact) mass is 407 g/mol. The van der Waals surface area contributed by atoms with Gasteiger partial charge >= 0.3 is 0 Å². The third-order valence-corrected chi connectivity index (χ3v) is 5.25. The standard InChI is InChI=1S/C22H21N3O5/c1-2-30-18-8-4-3-7-17(18)24-21(26)19(15-9-11-16(12-10-15)25(28)29)20(22(24)27)23-13-5-6-14-23/h3-4,7-12H,2,5-6,13-14H2,1H3. The Morgan fingerprint density at radius 3 is 2.30 bits per heavy atom. The number of carbonyl (C=O) groups is 2. The lowest BCUT2D eigenvalue weighted by molar-refractivity contribution is -0.384. The molecule has 0 saturated carbocycles. The summed E-state index contributed by atoms with van der Waals surface area (Å²) < 4.78 is 5.64. The molecule has 0 radical (unpaired) electrons. The molecule has 30 heavy (non-hydrogen) atoms. The SMILES string of the molecule is CCOc1ccccc1N1C(=O)C(c2ccc([N+](=O)[O-])cc2)=C(N2CCCC2)C1=O. The van der Waals surface area contributed by atoms with Gasteiger partial charge in [-0.05, 0) is 49.6 Å². The average Bonchev–Trinajstić information content (AvgIpc) is 3.35. The number of amides is 2. The van der Waals surface area contributed by atoms with E-state index in [9.17, 15) is 19.7 Å². The molecular formula is C22H21N3O5. The highest BCUT2D eigenvalue weighted by molar-refractivity contribution is 6.45. The van der Waals surface area contributed by atoms with E-state index in [1.807, 2.05) is 11.8 Å². The van der Waals surface area contributed by atoms with E-state index in [4.69, 9.17) is 4.74 Å². The van der Waals surface area contributed by atoms with E-state index in [1.165, 1.54) is 24.3 Å². The summed E-state index contributed by atoms with van der Waals surface area (Å²) in [6, 6.07) is 12.7. The third kappa shape index (κ3) is 3.30. The molecule has 0 bridgehead atoms. The first-order valence-electron chi connectivity index (χ1n) is 9.87. The van der Waals surface area contributed by atoms with Crippen molar-refractivity contribution in [2.45, 2.75) is 19.8 Å². The lowest BCUT2D eigenvalue weighted by atomic mass is 10.0. The zero-order chi connectivity index (χ0) is 21.3. The van der Waals surface area contributed by atoms with Crippen molar-refractivity contribution in [3.8, 4) is 5.75 Å². The van der Waals surface area contributed by atoms with Crippen molar-refractivity contribution in [2.24, 2.45) is 0 Å². The maximum Gasteiger partial charge on any atom is 0.282 e. The molecule has 2 aliphatic rings. The topological polar surface area (TPSA) is 93.0 Å². The van der Waals surface area contributed by atoms with Crippen molar-refractivity contribution in [3.05, 3.63) is 69.9 Å². The van der Waals surface area contributed by atoms with Gasteiger partial charge in [0.25, 0.3) is 17.5 Å². The number of hydrogen-bond donors (Lipinski definition) is 0. The Morgan fingerprint density at radius 2 is 1.67 bits per heavy atom. The fourth-order valence-electron chi connectivity index (χ4n) is 3.90. The van der Waals surface area contributed by atoms with E-state index in [-0.39, 0.29) is 11.3 Å². The van der Waals surface area contributed by atoms with Crippen LogP contribution in [0.4, 0.5) is 11.4 Å². The van der Waals surface area contributed by atoms with Crippen LogP contribution in [0.3, 0.4) is 0 Å². The van der Waals surface area contributed by atoms with Crippen LogP contribution in [0.5, 0.6) is 5.75 Å². The summed E-state index contributed by atoms with van der Waals surface area (Å²) in [4.78, 5) is 40.5. The van der Waals surface area contributed by atoms with Crippen molar-refractivity contribution in [3.63, 3.8) is 0 Å². The highest BCUT2D eigenvalue weighted by Gasteiger charge is 2.44. The minimum atomic E-state index is -0.494. The van der Waals surface area contributed by atoms with Crippen LogP contribution in [0.25, 0.3) is 5.57 Å². The van der Waals surface area contributed by atoms with E-state index in [0.717, 1.165) is 17.7 Å². The fraction of sp³-hybridized carbons (Fsp3) is 0.273. The van der Waals surface area contributed by atoms with Crippen LogP contribution in [0.1, 0.15) is 25.3 Å². The maximum absolute atomic E-state index is 13.5. The third-order valence-electron chi connectivity index (χ3n) is 5.25. The number of ether oxygens (including phenoxy) is 1. The van der Waals surface area contributed by atoms with Gasteiger partial charge in [0.15, 0.2) is 0 Å². The number of para-hydroxylation sites is 2. The van der Waals surface area contributed by atoms with Gasteiger partial charge in [-0.3, -0.25) is 19.7 Å². The molecule has 0 aromatic heterocycles. The van der Waals surface area contributed by atoms with Crippen molar-refractivity contribution in [1.29, 1.82) is 0 Å². The number of nitro benzene ring substituents is 1. The Kier molecular flexibility index (Phi) is 5.22. The first-order valence-corrected chi connectivity index (χ1v) is 9.87. The molecule has 0 unspecified atom stereocenters. The molecule has 8 nitrogen and oxygen atoms in total. The summed E-state index contributed by atoms with van der Waals surface area (Å²) >= 11 is 0. The van der Waals surface area contributed by atoms with Crippen LogP contribution in [-0.2, 0) is 9.59 Å². The predicted molar refractivity (Wildman–Crippen MR) is 111 cm³/mol. The minimum absolute atomic E-state index is 0.0719. The van der Waals surface area contributed by atoms with Gasteiger partial charge in [-0.25, -0.2) is 4.90 Å². The van der Waals surface area contributed by atoms with Crippen LogP contribution in [-0.4, -0.2) is 41.3 Å². The molecule has 154 valence electrons. The molecule has 0 N–H and O–H groups in total. The highest BCUT2D eigenvalue weighted by atomic mass is 16.6. The molecule has 2 aromatic rings. The number of rotatable bonds is 6. The molecule has 0 atom stereocenters. The molecule has 4 rings (SSSR count). The van der Waals surface area contributed by atoms with Gasteiger partial charge < -0.3 is 9.64 Å². The van der Waals surface area contributed by atoms with E-state index in [0.29, 0.717) is 42.4 Å². The van der Waals surface area contributed by atoms with Crippen molar-refractivity contribution in [2.75, 3.05) is 24.6 Å². The van der Waals surface area contributed by atoms with Crippen molar-refractivity contribution < 1.29 is 19.2 Å². The Hall–Kier alpha value is -3.68. The molecule has 0 spiro atoms. The predicted octanol–water partition coefficient (Wildman–Crippen LogP) is 3.37. The lowest BCUT2D eigenvalue weighted by Gasteiger charge is -2.21. The van der Waals surface area contributed by atoms with Crippen LogP contribution in [0.2, 0.25) is 0 Å². The number of carbonyl (C=O) groups excluding carboxylic acids is 2. The van der Waals surface area contributed by atoms with Gasteiger partial charge in [0, 0.05) is 25.2 Å². The maximum atomic E-state index is 13.5. The number of nitro groups is 1. The summed E-state index contributed by atoms with van der Waals surface area (Å²) in [5.74, 6) is -0.405. The van der Waals surface area contributed by atoms with Gasteiger partial charge in [0.1, 0.15) is 11.4 Å². The Labute approximate surface area is 173 Å². The zero-order valence-electron chi connectivity index (χ0n) is 16.5. The molecule has 1 fully saturated rings. The van der Waals surface area contributed by atoms with Crippen LogP contribution in [0, 0.1) is 10.1 Å². The first-order chi connectivity index (χ1) is 14.5. The largest absolute Gasteiger partial charge is 0.492 e. The van der Waals surface area contributed by atoms with Crippen molar-refractivity contribution in [1.82, 2.24) is 4.90 Å². The lowest BCUT2D eigenvalue weighted by Crippen LogP contribution is -2.34. The van der Waals surface area contributed by atoms with Crippen LogP contribution < -0.4 is 9.64 Å². The Morgan fingerprint density at radius 1 is 1.00 bits per heavy atom. The van der Waals surface area contributed by atoms with Gasteiger partial charge in [0.05, 0.1) is 22.8 Å². The molecule has 2 aliphatic heterocycles. The number of benzene rings is 2. The van der Waals surface area contributed by atoms with Crippen molar-refractivity contribution >= 4 is 28.8 Å². The summed E-state index contributed by atoms with van der Waals surface area (Å²) in [7, 11) is 0. The van der Waals surface area contributed by atoms with Gasteiger partial charge in [-0.15, -0.1) is 0 Å². The molecule has 2 amide bonds. The van der Waals surface area contributed by atoms with Gasteiger partial charge in [-0.1, -0.05) is 12.1 Å². The summed E-state index contributed by atoms with van der Waals surface area (Å²) in [5, 5.41) is 11.0. The number of nitrogens with zero attached hydrogens (tertiary/aromatic N) is 3. The number of imide groups is 1. The number of hydrogen-bond acceptors (Lipinski definition) is 6. The highest BCUT2D eigenvalue weighted by Crippen LogP contribution is 2.39. The van der Waals surface area contributed by atoms with Gasteiger partial charge in [-0.2, -0.15) is 0 Å². The molecule has 2 heterocycles. The first kappa shape index (κ1) is 19.6. The molecule has 0 aliphatic carbocycles. The van der Waals surface area contributed by atoms with E-state index in [1.54, 1.807) is 24.3 Å². The molecule has 1 saturated heterocycles. The average molecular weight is 407 g/mol. The fourth-order valence-corrected chi connectivity index (χ4v) is 3.90. The van der Waals surface area contributed by atoms with Gasteiger partial charge in [0.2, 0.25) is 0 Å². The smallest absolute Gasteiger partial charge is 0.282 e. The number of likely N-dealkylation sites (tertiary alicyclic amines) is 1. The molecule has 8 heteroatoms. The Bertz CT molecular complexity index is 1040. The normalized spacial score (nSPS) is 16.6. The zero-order valence-corrected chi connectivity index (χ0v) is 16.5.